The highest BCUT2D eigenvalue weighted by Crippen LogP contribution is 2.28. The number of carbonyl (C=O) groups is 1. The lowest BCUT2D eigenvalue weighted by Crippen LogP contribution is -2.30. The zero-order valence-electron chi connectivity index (χ0n) is 14.4. The third-order valence-electron chi connectivity index (χ3n) is 3.74. The van der Waals surface area contributed by atoms with Crippen molar-refractivity contribution in [1.82, 2.24) is 4.98 Å². The summed E-state index contributed by atoms with van der Waals surface area (Å²) in [5, 5.41) is 7.35. The van der Waals surface area contributed by atoms with Crippen molar-refractivity contribution in [3.05, 3.63) is 52.7 Å². The van der Waals surface area contributed by atoms with Crippen molar-refractivity contribution in [2.75, 3.05) is 5.32 Å². The van der Waals surface area contributed by atoms with Gasteiger partial charge < -0.3 is 4.74 Å². The second-order valence-electron chi connectivity index (χ2n) is 5.99. The SMILES string of the molecule is CC(Oc1ccc(C(C)C)cc1)C(=O)Nc1nc(-c2cccs2)cs1. The van der Waals surface area contributed by atoms with Crippen LogP contribution in [0.15, 0.2) is 47.2 Å². The van der Waals surface area contributed by atoms with E-state index >= 15 is 0 Å². The summed E-state index contributed by atoms with van der Waals surface area (Å²) in [5.74, 6) is 0.947. The Morgan fingerprint density at radius 1 is 1.12 bits per heavy atom. The molecular formula is C19H20N2O2S2. The molecule has 0 saturated heterocycles. The lowest BCUT2D eigenvalue weighted by Gasteiger charge is -2.14. The Labute approximate surface area is 155 Å². The van der Waals surface area contributed by atoms with Crippen LogP contribution in [0, 0.1) is 0 Å². The maximum Gasteiger partial charge on any atom is 0.266 e. The second kappa shape index (κ2) is 7.80. The molecule has 3 rings (SSSR count). The van der Waals surface area contributed by atoms with Crippen molar-refractivity contribution in [2.45, 2.75) is 32.8 Å². The highest BCUT2D eigenvalue weighted by Gasteiger charge is 2.17. The molecule has 6 heteroatoms. The summed E-state index contributed by atoms with van der Waals surface area (Å²) in [6, 6.07) is 11.8. The zero-order valence-corrected chi connectivity index (χ0v) is 16.0. The molecule has 1 aromatic carbocycles. The van der Waals surface area contributed by atoms with Crippen LogP contribution in [0.25, 0.3) is 10.6 Å². The van der Waals surface area contributed by atoms with Gasteiger partial charge in [-0.25, -0.2) is 4.98 Å². The molecule has 2 aromatic heterocycles. The number of thiazole rings is 1. The molecule has 130 valence electrons. The average Bonchev–Trinajstić information content (AvgIpc) is 3.26. The van der Waals surface area contributed by atoms with Crippen molar-refractivity contribution in [2.24, 2.45) is 0 Å². The molecule has 2 heterocycles. The van der Waals surface area contributed by atoms with E-state index in [4.69, 9.17) is 4.74 Å². The summed E-state index contributed by atoms with van der Waals surface area (Å²) in [6.45, 7) is 6.02. The van der Waals surface area contributed by atoms with E-state index in [-0.39, 0.29) is 5.91 Å². The smallest absolute Gasteiger partial charge is 0.266 e. The van der Waals surface area contributed by atoms with Gasteiger partial charge in [-0.15, -0.1) is 22.7 Å². The number of hydrogen-bond acceptors (Lipinski definition) is 5. The number of rotatable bonds is 6. The lowest BCUT2D eigenvalue weighted by molar-refractivity contribution is -0.122. The normalized spacial score (nSPS) is 12.2. The fourth-order valence-electron chi connectivity index (χ4n) is 2.26. The van der Waals surface area contributed by atoms with Crippen LogP contribution in [0.4, 0.5) is 5.13 Å². The van der Waals surface area contributed by atoms with E-state index in [0.29, 0.717) is 16.8 Å². The number of carbonyl (C=O) groups excluding carboxylic acids is 1. The number of nitrogens with one attached hydrogen (secondary N) is 1. The minimum absolute atomic E-state index is 0.208. The fraction of sp³-hybridized carbons (Fsp3) is 0.263. The molecule has 4 nitrogen and oxygen atoms in total. The molecular weight excluding hydrogens is 352 g/mol. The van der Waals surface area contributed by atoms with Crippen molar-refractivity contribution < 1.29 is 9.53 Å². The van der Waals surface area contributed by atoms with Gasteiger partial charge in [0.25, 0.3) is 5.91 Å². The average molecular weight is 373 g/mol. The van der Waals surface area contributed by atoms with E-state index < -0.39 is 6.10 Å². The van der Waals surface area contributed by atoms with Crippen LogP contribution in [-0.4, -0.2) is 17.0 Å². The maximum absolute atomic E-state index is 12.3. The molecule has 3 aromatic rings. The number of nitrogens with zero attached hydrogens (tertiary/aromatic N) is 1. The van der Waals surface area contributed by atoms with Gasteiger partial charge in [-0.3, -0.25) is 10.1 Å². The van der Waals surface area contributed by atoms with Gasteiger partial charge in [0.1, 0.15) is 5.75 Å². The van der Waals surface area contributed by atoms with Gasteiger partial charge in [0.15, 0.2) is 11.2 Å². The fourth-order valence-corrected chi connectivity index (χ4v) is 3.74. The molecule has 0 saturated carbocycles. The first-order valence-corrected chi connectivity index (χ1v) is 9.85. The van der Waals surface area contributed by atoms with Crippen LogP contribution < -0.4 is 10.1 Å². The third-order valence-corrected chi connectivity index (χ3v) is 5.39. The first-order valence-electron chi connectivity index (χ1n) is 8.10. The highest BCUT2D eigenvalue weighted by molar-refractivity contribution is 7.16. The number of ether oxygens (including phenoxy) is 1. The van der Waals surface area contributed by atoms with Crippen LogP contribution in [0.1, 0.15) is 32.3 Å². The number of aromatic nitrogens is 1. The van der Waals surface area contributed by atoms with E-state index in [9.17, 15) is 4.79 Å². The molecule has 1 atom stereocenters. The maximum atomic E-state index is 12.3. The van der Waals surface area contributed by atoms with Crippen molar-refractivity contribution in [3.8, 4) is 16.3 Å². The van der Waals surface area contributed by atoms with Gasteiger partial charge in [-0.05, 0) is 42.0 Å². The molecule has 1 N–H and O–H groups in total. The van der Waals surface area contributed by atoms with Crippen LogP contribution in [0.2, 0.25) is 0 Å². The van der Waals surface area contributed by atoms with E-state index in [0.717, 1.165) is 10.6 Å². The lowest BCUT2D eigenvalue weighted by atomic mass is 10.0. The van der Waals surface area contributed by atoms with E-state index in [1.807, 2.05) is 47.2 Å². The van der Waals surface area contributed by atoms with Gasteiger partial charge in [-0.2, -0.15) is 0 Å². The molecule has 0 spiro atoms. The summed E-state index contributed by atoms with van der Waals surface area (Å²) in [4.78, 5) is 17.9. The van der Waals surface area contributed by atoms with E-state index in [2.05, 4.69) is 24.1 Å². The third kappa shape index (κ3) is 4.46. The summed E-state index contributed by atoms with van der Waals surface area (Å²) in [6.07, 6.45) is -0.598. The highest BCUT2D eigenvalue weighted by atomic mass is 32.1. The van der Waals surface area contributed by atoms with Crippen molar-refractivity contribution in [1.29, 1.82) is 0 Å². The minimum atomic E-state index is -0.598. The molecule has 0 radical (unpaired) electrons. The molecule has 1 unspecified atom stereocenters. The standard InChI is InChI=1S/C19H20N2O2S2/c1-12(2)14-6-8-15(9-7-14)23-13(3)18(22)21-19-20-16(11-25-19)17-5-4-10-24-17/h4-13H,1-3H3,(H,20,21,22). The molecule has 0 fully saturated rings. The Morgan fingerprint density at radius 2 is 1.88 bits per heavy atom. The van der Waals surface area contributed by atoms with Crippen LogP contribution >= 0.6 is 22.7 Å². The van der Waals surface area contributed by atoms with Crippen LogP contribution in [0.5, 0.6) is 5.75 Å². The van der Waals surface area contributed by atoms with Gasteiger partial charge in [0.05, 0.1) is 10.6 Å². The van der Waals surface area contributed by atoms with Crippen molar-refractivity contribution >= 4 is 33.7 Å². The summed E-state index contributed by atoms with van der Waals surface area (Å²) in [7, 11) is 0. The number of benzene rings is 1. The number of anilines is 1. The predicted octanol–water partition coefficient (Wildman–Crippen LogP) is 5.40. The predicted molar refractivity (Wildman–Crippen MR) is 105 cm³/mol. The minimum Gasteiger partial charge on any atom is -0.481 e. The Hall–Kier alpha value is -2.18. The first kappa shape index (κ1) is 17.6. The topological polar surface area (TPSA) is 51.2 Å². The number of amides is 1. The first-order chi connectivity index (χ1) is 12.0. The summed E-state index contributed by atoms with van der Waals surface area (Å²) in [5.41, 5.74) is 2.13. The summed E-state index contributed by atoms with van der Waals surface area (Å²) < 4.78 is 5.73. The Bertz CT molecular complexity index is 823. The molecule has 25 heavy (non-hydrogen) atoms. The second-order valence-corrected chi connectivity index (χ2v) is 7.79. The van der Waals surface area contributed by atoms with Gasteiger partial charge >= 0.3 is 0 Å². The molecule has 0 aliphatic rings. The number of thiophene rings is 1. The van der Waals surface area contributed by atoms with E-state index in [1.165, 1.54) is 16.9 Å². The Balaban J connectivity index is 1.59. The molecule has 0 bridgehead atoms. The summed E-state index contributed by atoms with van der Waals surface area (Å²) >= 11 is 3.04. The van der Waals surface area contributed by atoms with Crippen LogP contribution in [-0.2, 0) is 4.79 Å². The monoisotopic (exact) mass is 372 g/mol. The number of hydrogen-bond donors (Lipinski definition) is 1. The molecule has 1 amide bonds. The van der Waals surface area contributed by atoms with Gasteiger partial charge in [0, 0.05) is 5.38 Å². The van der Waals surface area contributed by atoms with Gasteiger partial charge in [0.2, 0.25) is 0 Å². The molecule has 0 aliphatic carbocycles. The molecule has 0 aliphatic heterocycles. The quantitative estimate of drug-likeness (QED) is 0.630. The largest absolute Gasteiger partial charge is 0.481 e. The Kier molecular flexibility index (Phi) is 5.50. The van der Waals surface area contributed by atoms with E-state index in [1.54, 1.807) is 18.3 Å². The Morgan fingerprint density at radius 3 is 2.52 bits per heavy atom. The zero-order chi connectivity index (χ0) is 17.8. The van der Waals surface area contributed by atoms with Gasteiger partial charge in [-0.1, -0.05) is 32.0 Å². The van der Waals surface area contributed by atoms with Crippen molar-refractivity contribution in [3.63, 3.8) is 0 Å². The van der Waals surface area contributed by atoms with Crippen LogP contribution in [0.3, 0.4) is 0 Å².